The second kappa shape index (κ2) is 8.36. The highest BCUT2D eigenvalue weighted by molar-refractivity contribution is 5.80. The SMILES string of the molecule is CCOC1CCC(CC(NC(=O)OC(C)(C)C)C(=O)O)CC1. The summed E-state index contributed by atoms with van der Waals surface area (Å²) in [5, 5.41) is 11.8. The Bertz CT molecular complexity index is 369. The first kappa shape index (κ1) is 18.7. The quantitative estimate of drug-likeness (QED) is 0.787. The van der Waals surface area contributed by atoms with Crippen molar-refractivity contribution in [3.8, 4) is 0 Å². The van der Waals surface area contributed by atoms with Crippen LogP contribution in [0.1, 0.15) is 59.8 Å². The molecule has 1 aliphatic carbocycles. The number of hydrogen-bond acceptors (Lipinski definition) is 4. The van der Waals surface area contributed by atoms with Crippen LogP contribution in [0.2, 0.25) is 0 Å². The van der Waals surface area contributed by atoms with Gasteiger partial charge in [-0.2, -0.15) is 0 Å². The van der Waals surface area contributed by atoms with Gasteiger partial charge in [-0.3, -0.25) is 0 Å². The van der Waals surface area contributed by atoms with Crippen molar-refractivity contribution in [1.29, 1.82) is 0 Å². The molecular weight excluding hydrogens is 286 g/mol. The summed E-state index contributed by atoms with van der Waals surface area (Å²) in [6.45, 7) is 7.94. The number of nitrogens with one attached hydrogen (secondary N) is 1. The molecule has 6 nitrogen and oxygen atoms in total. The van der Waals surface area contributed by atoms with Gasteiger partial charge in [-0.15, -0.1) is 0 Å². The highest BCUT2D eigenvalue weighted by Gasteiger charge is 2.29. The van der Waals surface area contributed by atoms with E-state index in [1.54, 1.807) is 20.8 Å². The summed E-state index contributed by atoms with van der Waals surface area (Å²) in [4.78, 5) is 23.1. The standard InChI is InChI=1S/C16H29NO5/c1-5-21-12-8-6-11(7-9-12)10-13(14(18)19)17-15(20)22-16(2,3)4/h11-13H,5-10H2,1-4H3,(H,17,20)(H,18,19). The van der Waals surface area contributed by atoms with Gasteiger partial charge < -0.3 is 19.9 Å². The van der Waals surface area contributed by atoms with Gasteiger partial charge in [-0.05, 0) is 65.7 Å². The highest BCUT2D eigenvalue weighted by atomic mass is 16.6. The Morgan fingerprint density at radius 3 is 2.27 bits per heavy atom. The van der Waals surface area contributed by atoms with Crippen molar-refractivity contribution < 1.29 is 24.2 Å². The molecule has 1 aliphatic rings. The number of carbonyl (C=O) groups is 2. The Balaban J connectivity index is 2.45. The summed E-state index contributed by atoms with van der Waals surface area (Å²) >= 11 is 0. The van der Waals surface area contributed by atoms with E-state index >= 15 is 0 Å². The fraction of sp³-hybridized carbons (Fsp3) is 0.875. The van der Waals surface area contributed by atoms with E-state index in [2.05, 4.69) is 5.32 Å². The molecule has 0 saturated heterocycles. The zero-order valence-electron chi connectivity index (χ0n) is 14.1. The maximum atomic E-state index is 11.7. The summed E-state index contributed by atoms with van der Waals surface area (Å²) < 4.78 is 10.7. The van der Waals surface area contributed by atoms with Crippen LogP contribution in [-0.4, -0.2) is 41.5 Å². The molecule has 0 aromatic carbocycles. The predicted molar refractivity (Wildman–Crippen MR) is 82.8 cm³/mol. The van der Waals surface area contributed by atoms with Crippen LogP contribution in [-0.2, 0) is 14.3 Å². The maximum Gasteiger partial charge on any atom is 0.408 e. The fourth-order valence-electron chi connectivity index (χ4n) is 2.77. The second-order valence-corrected chi connectivity index (χ2v) is 6.87. The minimum atomic E-state index is -1.02. The molecule has 1 atom stereocenters. The van der Waals surface area contributed by atoms with Gasteiger partial charge in [0.1, 0.15) is 11.6 Å². The zero-order chi connectivity index (χ0) is 16.8. The summed E-state index contributed by atoms with van der Waals surface area (Å²) in [6, 6.07) is -0.900. The molecule has 1 unspecified atom stereocenters. The van der Waals surface area contributed by atoms with Crippen LogP contribution in [0, 0.1) is 5.92 Å². The van der Waals surface area contributed by atoms with E-state index in [1.165, 1.54) is 0 Å². The van der Waals surface area contributed by atoms with Gasteiger partial charge in [0.25, 0.3) is 0 Å². The first-order valence-corrected chi connectivity index (χ1v) is 8.05. The number of rotatable bonds is 6. The van der Waals surface area contributed by atoms with Gasteiger partial charge in [0.15, 0.2) is 0 Å². The zero-order valence-corrected chi connectivity index (χ0v) is 14.1. The maximum absolute atomic E-state index is 11.7. The molecule has 0 aromatic rings. The molecule has 128 valence electrons. The Kier molecular flexibility index (Phi) is 7.13. The van der Waals surface area contributed by atoms with Crippen LogP contribution in [0.25, 0.3) is 0 Å². The number of carbonyl (C=O) groups excluding carboxylic acids is 1. The van der Waals surface area contributed by atoms with Crippen molar-refractivity contribution in [1.82, 2.24) is 5.32 Å². The van der Waals surface area contributed by atoms with Gasteiger partial charge in [-0.1, -0.05) is 0 Å². The number of hydrogen-bond donors (Lipinski definition) is 2. The van der Waals surface area contributed by atoms with Gasteiger partial charge in [-0.25, -0.2) is 9.59 Å². The third kappa shape index (κ3) is 7.11. The molecule has 1 saturated carbocycles. The topological polar surface area (TPSA) is 84.9 Å². The van der Waals surface area contributed by atoms with E-state index < -0.39 is 23.7 Å². The van der Waals surface area contributed by atoms with E-state index in [9.17, 15) is 14.7 Å². The molecule has 0 aliphatic heterocycles. The fourth-order valence-corrected chi connectivity index (χ4v) is 2.77. The van der Waals surface area contributed by atoms with Crippen molar-refractivity contribution in [2.75, 3.05) is 6.61 Å². The largest absolute Gasteiger partial charge is 0.480 e. The number of amides is 1. The van der Waals surface area contributed by atoms with E-state index in [0.717, 1.165) is 25.7 Å². The summed E-state index contributed by atoms with van der Waals surface area (Å²) in [7, 11) is 0. The van der Waals surface area contributed by atoms with E-state index in [0.29, 0.717) is 25.0 Å². The Labute approximate surface area is 132 Å². The minimum Gasteiger partial charge on any atom is -0.480 e. The molecule has 0 spiro atoms. The smallest absolute Gasteiger partial charge is 0.408 e. The molecule has 0 bridgehead atoms. The van der Waals surface area contributed by atoms with E-state index in [4.69, 9.17) is 9.47 Å². The van der Waals surface area contributed by atoms with Crippen LogP contribution >= 0.6 is 0 Å². The second-order valence-electron chi connectivity index (χ2n) is 6.87. The van der Waals surface area contributed by atoms with Gasteiger partial charge in [0, 0.05) is 6.61 Å². The Morgan fingerprint density at radius 1 is 1.23 bits per heavy atom. The first-order valence-electron chi connectivity index (χ1n) is 8.05. The van der Waals surface area contributed by atoms with Crippen LogP contribution < -0.4 is 5.32 Å². The third-order valence-corrected chi connectivity index (χ3v) is 3.75. The van der Waals surface area contributed by atoms with E-state index in [1.807, 2.05) is 6.92 Å². The average molecular weight is 315 g/mol. The monoisotopic (exact) mass is 315 g/mol. The van der Waals surface area contributed by atoms with Gasteiger partial charge >= 0.3 is 12.1 Å². The first-order chi connectivity index (χ1) is 10.2. The van der Waals surface area contributed by atoms with Crippen LogP contribution in [0.3, 0.4) is 0 Å². The van der Waals surface area contributed by atoms with Crippen molar-refractivity contribution in [2.24, 2.45) is 5.92 Å². The van der Waals surface area contributed by atoms with Crippen molar-refractivity contribution >= 4 is 12.1 Å². The lowest BCUT2D eigenvalue weighted by atomic mass is 9.83. The van der Waals surface area contributed by atoms with Crippen molar-refractivity contribution in [2.45, 2.75) is 77.5 Å². The molecule has 0 radical (unpaired) electrons. The van der Waals surface area contributed by atoms with E-state index in [-0.39, 0.29) is 0 Å². The molecule has 1 fully saturated rings. The Morgan fingerprint density at radius 2 is 1.82 bits per heavy atom. The number of alkyl carbamates (subject to hydrolysis) is 1. The molecule has 0 aromatic heterocycles. The molecule has 22 heavy (non-hydrogen) atoms. The number of ether oxygens (including phenoxy) is 2. The van der Waals surface area contributed by atoms with Gasteiger partial charge in [0.2, 0.25) is 0 Å². The van der Waals surface area contributed by atoms with Crippen LogP contribution in [0.5, 0.6) is 0 Å². The minimum absolute atomic E-state index is 0.295. The highest BCUT2D eigenvalue weighted by Crippen LogP contribution is 2.29. The van der Waals surface area contributed by atoms with Crippen molar-refractivity contribution in [3.63, 3.8) is 0 Å². The lowest BCUT2D eigenvalue weighted by molar-refractivity contribution is -0.140. The summed E-state index contributed by atoms with van der Waals surface area (Å²) in [6.07, 6.45) is 3.84. The Hall–Kier alpha value is -1.30. The molecule has 1 amide bonds. The number of carboxylic acid groups (broad SMARTS) is 1. The summed E-state index contributed by atoms with van der Waals surface area (Å²) in [5.41, 5.74) is -0.636. The van der Waals surface area contributed by atoms with Crippen molar-refractivity contribution in [3.05, 3.63) is 0 Å². The number of aliphatic carboxylic acids is 1. The molecule has 1 rings (SSSR count). The average Bonchev–Trinajstić information content (AvgIpc) is 2.38. The normalized spacial score (nSPS) is 23.6. The molecule has 0 heterocycles. The predicted octanol–water partition coefficient (Wildman–Crippen LogP) is 2.95. The molecule has 2 N–H and O–H groups in total. The van der Waals surface area contributed by atoms with Crippen LogP contribution in [0.15, 0.2) is 0 Å². The summed E-state index contributed by atoms with van der Waals surface area (Å²) in [5.74, 6) is -0.717. The lowest BCUT2D eigenvalue weighted by Gasteiger charge is -2.30. The third-order valence-electron chi connectivity index (χ3n) is 3.75. The molecule has 6 heteroatoms. The lowest BCUT2D eigenvalue weighted by Crippen LogP contribution is -2.44. The van der Waals surface area contributed by atoms with Gasteiger partial charge in [0.05, 0.1) is 6.10 Å². The number of carboxylic acids is 1. The molecular formula is C16H29NO5. The van der Waals surface area contributed by atoms with Crippen LogP contribution in [0.4, 0.5) is 4.79 Å².